The maximum absolute atomic E-state index is 11.8. The molecule has 0 radical (unpaired) electrons. The summed E-state index contributed by atoms with van der Waals surface area (Å²) in [5, 5.41) is 9.63. The van der Waals surface area contributed by atoms with Gasteiger partial charge in [0.2, 0.25) is 0 Å². The van der Waals surface area contributed by atoms with Crippen LogP contribution in [0.25, 0.3) is 0 Å². The normalized spacial score (nSPS) is 11.6. The zero-order valence-electron chi connectivity index (χ0n) is 17.1. The molecule has 0 spiro atoms. The fraction of sp³-hybridized carbons (Fsp3) is 0.200. The lowest BCUT2D eigenvalue weighted by molar-refractivity contribution is 0.0696. The Morgan fingerprint density at radius 1 is 0.967 bits per heavy atom. The highest BCUT2D eigenvalue weighted by Gasteiger charge is 2.37. The minimum atomic E-state index is -1.07. The number of hydrogen-bond donors (Lipinski definition) is 1. The molecule has 5 heteroatoms. The van der Waals surface area contributed by atoms with Crippen molar-refractivity contribution in [2.45, 2.75) is 31.4 Å². The molecule has 0 fully saturated rings. The lowest BCUT2D eigenvalue weighted by atomic mass is 9.79. The molecular weight excluding hydrogens is 392 g/mol. The minimum Gasteiger partial charge on any atom is -0.478 e. The molecule has 0 aliphatic heterocycles. The molecule has 154 valence electrons. The third kappa shape index (κ3) is 4.58. The van der Waals surface area contributed by atoms with Crippen molar-refractivity contribution in [2.75, 3.05) is 0 Å². The summed E-state index contributed by atoms with van der Waals surface area (Å²) in [7, 11) is -0.921. The van der Waals surface area contributed by atoms with E-state index >= 15 is 0 Å². The van der Waals surface area contributed by atoms with Crippen molar-refractivity contribution in [1.82, 2.24) is 0 Å². The van der Waals surface area contributed by atoms with Crippen LogP contribution in [0.4, 0.5) is 0 Å². The minimum absolute atomic E-state index is 0.0738. The Morgan fingerprint density at radius 3 is 2.07 bits per heavy atom. The molecule has 3 rings (SSSR count). The first-order valence-corrected chi connectivity index (χ1v) is 11.8. The van der Waals surface area contributed by atoms with E-state index in [1.54, 1.807) is 12.1 Å². The van der Waals surface area contributed by atoms with Crippen LogP contribution in [-0.2, 0) is 10.0 Å². The number of aromatic carboxylic acids is 1. The van der Waals surface area contributed by atoms with Gasteiger partial charge in [0.1, 0.15) is 11.9 Å². The number of benzene rings is 3. The van der Waals surface area contributed by atoms with Gasteiger partial charge in [0.05, 0.1) is 5.56 Å². The number of aldehydes is 1. The Hall–Kier alpha value is -3.02. The van der Waals surface area contributed by atoms with Crippen molar-refractivity contribution in [1.29, 1.82) is 0 Å². The molecule has 0 aliphatic rings. The zero-order valence-corrected chi connectivity index (χ0v) is 18.5. The summed E-state index contributed by atoms with van der Waals surface area (Å²) in [4.78, 5) is 23.4. The maximum Gasteiger partial charge on any atom is 0.335 e. The van der Waals surface area contributed by atoms with Crippen LogP contribution >= 0.6 is 0 Å². The second-order valence-corrected chi connectivity index (χ2v) is 8.64. The Labute approximate surface area is 179 Å². The van der Waals surface area contributed by atoms with E-state index in [9.17, 15) is 14.7 Å². The van der Waals surface area contributed by atoms with Gasteiger partial charge in [-0.05, 0) is 40.9 Å². The number of carbonyl (C=O) groups excluding carboxylic acids is 1. The summed E-state index contributed by atoms with van der Waals surface area (Å²) in [5.41, 5.74) is 1.92. The summed E-state index contributed by atoms with van der Waals surface area (Å²) >= 11 is 0. The molecule has 3 aromatic carbocycles. The summed E-state index contributed by atoms with van der Waals surface area (Å²) < 4.78 is 6.75. The van der Waals surface area contributed by atoms with Crippen LogP contribution in [0.3, 0.4) is 0 Å². The van der Waals surface area contributed by atoms with Crippen LogP contribution in [0.2, 0.25) is 6.04 Å². The largest absolute Gasteiger partial charge is 0.478 e. The van der Waals surface area contributed by atoms with E-state index in [2.05, 4.69) is 6.92 Å². The number of carboxylic acids is 1. The predicted octanol–water partition coefficient (Wildman–Crippen LogP) is 4.81. The topological polar surface area (TPSA) is 63.6 Å². The molecule has 0 atom stereocenters. The van der Waals surface area contributed by atoms with Crippen molar-refractivity contribution >= 4 is 22.0 Å². The van der Waals surface area contributed by atoms with Gasteiger partial charge in [-0.1, -0.05) is 80.4 Å². The van der Waals surface area contributed by atoms with E-state index in [-0.39, 0.29) is 5.56 Å². The van der Waals surface area contributed by atoms with Crippen LogP contribution < -0.4 is 0 Å². The van der Waals surface area contributed by atoms with Crippen molar-refractivity contribution < 1.29 is 19.1 Å². The molecule has 0 saturated heterocycles. The Bertz CT molecular complexity index is 947. The number of rotatable bonds is 10. The van der Waals surface area contributed by atoms with Gasteiger partial charge in [0, 0.05) is 5.56 Å². The van der Waals surface area contributed by atoms with Gasteiger partial charge in [-0.3, -0.25) is 4.79 Å². The Morgan fingerprint density at radius 2 is 1.57 bits per heavy atom. The fourth-order valence-corrected chi connectivity index (χ4v) is 5.37. The molecule has 0 aliphatic carbocycles. The van der Waals surface area contributed by atoms with Crippen molar-refractivity contribution in [3.63, 3.8) is 0 Å². The van der Waals surface area contributed by atoms with Gasteiger partial charge in [-0.2, -0.15) is 0 Å². The second kappa shape index (κ2) is 10.1. The van der Waals surface area contributed by atoms with E-state index in [1.807, 2.05) is 60.7 Å². The van der Waals surface area contributed by atoms with E-state index in [0.29, 0.717) is 17.4 Å². The highest BCUT2D eigenvalue weighted by molar-refractivity contribution is 6.27. The summed E-state index contributed by atoms with van der Waals surface area (Å²) in [6.45, 7) is 2.16. The van der Waals surface area contributed by atoms with Crippen LogP contribution in [0.5, 0.6) is 0 Å². The Balaban J connectivity index is 2.29. The highest BCUT2D eigenvalue weighted by atomic mass is 28.2. The summed E-state index contributed by atoms with van der Waals surface area (Å²) in [5.74, 6) is -1.07. The first kappa shape index (κ1) is 21.7. The molecular formula is C25H26O4Si. The molecule has 0 saturated carbocycles. The van der Waals surface area contributed by atoms with E-state index < -0.39 is 21.3 Å². The number of carbonyl (C=O) groups is 2. The first-order valence-electron chi connectivity index (χ1n) is 10.2. The monoisotopic (exact) mass is 418 g/mol. The molecule has 0 heterocycles. The molecule has 0 aromatic heterocycles. The quantitative estimate of drug-likeness (QED) is 0.222. The van der Waals surface area contributed by atoms with Crippen molar-refractivity contribution in [2.24, 2.45) is 0 Å². The number of carboxylic acid groups (broad SMARTS) is 1. The van der Waals surface area contributed by atoms with Gasteiger partial charge in [-0.25, -0.2) is 4.79 Å². The van der Waals surface area contributed by atoms with Gasteiger partial charge in [0.15, 0.2) is 9.76 Å². The standard InChI is InChI=1S/C25H26O4Si/c1-2-3-14-30-29-25(21-10-6-4-7-11-21,22-12-8-5-9-13-22)23-16-19(18-26)15-20(17-23)24(27)28/h4-13,15-18H,2-3,14,30H2,1H3,(H,27,28). The second-order valence-electron chi connectivity index (χ2n) is 7.24. The zero-order chi connectivity index (χ0) is 21.4. The number of hydrogen-bond acceptors (Lipinski definition) is 3. The van der Waals surface area contributed by atoms with Crippen molar-refractivity contribution in [3.8, 4) is 0 Å². The van der Waals surface area contributed by atoms with Gasteiger partial charge in [0.25, 0.3) is 0 Å². The van der Waals surface area contributed by atoms with E-state index in [1.165, 1.54) is 6.07 Å². The molecule has 0 bridgehead atoms. The Kier molecular flexibility index (Phi) is 7.33. The number of unbranched alkanes of at least 4 members (excludes halogenated alkanes) is 1. The molecule has 1 N–H and O–H groups in total. The van der Waals surface area contributed by atoms with Gasteiger partial charge >= 0.3 is 5.97 Å². The van der Waals surface area contributed by atoms with Gasteiger partial charge < -0.3 is 9.53 Å². The average molecular weight is 419 g/mol. The summed E-state index contributed by atoms with van der Waals surface area (Å²) in [6, 6.07) is 25.5. The molecule has 3 aromatic rings. The van der Waals surface area contributed by atoms with Crippen molar-refractivity contribution in [3.05, 3.63) is 107 Å². The maximum atomic E-state index is 11.8. The van der Waals surface area contributed by atoms with Crippen LogP contribution in [-0.4, -0.2) is 27.1 Å². The third-order valence-corrected chi connectivity index (χ3v) is 6.60. The lowest BCUT2D eigenvalue weighted by Crippen LogP contribution is -2.34. The van der Waals surface area contributed by atoms with Crippen LogP contribution in [0.1, 0.15) is 57.2 Å². The predicted molar refractivity (Wildman–Crippen MR) is 121 cm³/mol. The molecule has 30 heavy (non-hydrogen) atoms. The highest BCUT2D eigenvalue weighted by Crippen LogP contribution is 2.41. The molecule has 0 amide bonds. The smallest absolute Gasteiger partial charge is 0.335 e. The van der Waals surface area contributed by atoms with Crippen LogP contribution in [0, 0.1) is 0 Å². The third-order valence-electron chi connectivity index (χ3n) is 5.17. The summed E-state index contributed by atoms with van der Waals surface area (Å²) in [6.07, 6.45) is 2.88. The van der Waals surface area contributed by atoms with Crippen LogP contribution in [0.15, 0.2) is 78.9 Å². The van der Waals surface area contributed by atoms with E-state index in [0.717, 1.165) is 30.0 Å². The fourth-order valence-electron chi connectivity index (χ4n) is 3.72. The van der Waals surface area contributed by atoms with Gasteiger partial charge in [-0.15, -0.1) is 0 Å². The average Bonchev–Trinajstić information content (AvgIpc) is 2.80. The SMILES string of the molecule is CCCC[SiH2]OC(c1ccccc1)(c1ccccc1)c1cc(C=O)cc(C(=O)O)c1. The van der Waals surface area contributed by atoms with E-state index in [4.69, 9.17) is 4.43 Å². The molecule has 0 unspecified atom stereocenters. The molecule has 4 nitrogen and oxygen atoms in total. The lowest BCUT2D eigenvalue weighted by Gasteiger charge is -2.37. The first-order chi connectivity index (χ1) is 14.6.